The Labute approximate surface area is 138 Å². The maximum absolute atomic E-state index is 12.0. The third-order valence-corrected chi connectivity index (χ3v) is 4.82. The van der Waals surface area contributed by atoms with Gasteiger partial charge in [-0.05, 0) is 32.3 Å². The van der Waals surface area contributed by atoms with Gasteiger partial charge in [0.15, 0.2) is 0 Å². The van der Waals surface area contributed by atoms with Crippen LogP contribution in [-0.2, 0) is 19.1 Å². The van der Waals surface area contributed by atoms with Crippen LogP contribution in [0.15, 0.2) is 23.3 Å². The van der Waals surface area contributed by atoms with Gasteiger partial charge in [0.1, 0.15) is 12.7 Å². The van der Waals surface area contributed by atoms with Crippen LogP contribution in [0.3, 0.4) is 0 Å². The van der Waals surface area contributed by atoms with Gasteiger partial charge in [-0.15, -0.1) is 0 Å². The Hall–Kier alpha value is -1.62. The number of hydrogen-bond donors (Lipinski definition) is 0. The Kier molecular flexibility index (Phi) is 5.99. The summed E-state index contributed by atoms with van der Waals surface area (Å²) in [7, 11) is 0. The lowest BCUT2D eigenvalue weighted by atomic mass is 10.0. The van der Waals surface area contributed by atoms with E-state index in [0.29, 0.717) is 12.2 Å². The molecule has 1 fully saturated rings. The van der Waals surface area contributed by atoms with Crippen LogP contribution in [0.25, 0.3) is 0 Å². The van der Waals surface area contributed by atoms with Gasteiger partial charge in [-0.1, -0.05) is 26.0 Å². The first kappa shape index (κ1) is 17.7. The van der Waals surface area contributed by atoms with E-state index in [4.69, 9.17) is 9.47 Å². The minimum absolute atomic E-state index is 0.0494. The van der Waals surface area contributed by atoms with E-state index in [1.54, 1.807) is 13.0 Å². The maximum Gasteiger partial charge on any atom is 0.333 e. The topological polar surface area (TPSA) is 55.8 Å². The van der Waals surface area contributed by atoms with E-state index in [1.807, 2.05) is 20.8 Å². The van der Waals surface area contributed by atoms with Crippen LogP contribution in [0.5, 0.6) is 0 Å². The van der Waals surface area contributed by atoms with E-state index in [9.17, 15) is 9.59 Å². The highest BCUT2D eigenvalue weighted by molar-refractivity contribution is 5.87. The van der Waals surface area contributed by atoms with Crippen LogP contribution in [-0.4, -0.2) is 48.7 Å². The molecule has 2 aliphatic heterocycles. The molecule has 5 nitrogen and oxygen atoms in total. The van der Waals surface area contributed by atoms with Crippen LogP contribution < -0.4 is 0 Å². The molecule has 0 amide bonds. The van der Waals surface area contributed by atoms with Gasteiger partial charge in [0.05, 0.1) is 12.0 Å². The fourth-order valence-corrected chi connectivity index (χ4v) is 2.94. The van der Waals surface area contributed by atoms with Crippen molar-refractivity contribution < 1.29 is 19.1 Å². The minimum Gasteiger partial charge on any atom is -0.461 e. The van der Waals surface area contributed by atoms with E-state index >= 15 is 0 Å². The number of ether oxygens (including phenoxy) is 2. The highest BCUT2D eigenvalue weighted by atomic mass is 16.5. The van der Waals surface area contributed by atoms with Crippen molar-refractivity contribution in [2.24, 2.45) is 5.92 Å². The molecule has 1 saturated heterocycles. The number of fused-ring (bicyclic) bond motifs is 1. The van der Waals surface area contributed by atoms with Crippen LogP contribution in [0, 0.1) is 5.92 Å². The molecule has 0 aliphatic carbocycles. The van der Waals surface area contributed by atoms with E-state index in [-0.39, 0.29) is 30.0 Å². The summed E-state index contributed by atoms with van der Waals surface area (Å²) >= 11 is 0. The van der Waals surface area contributed by atoms with Gasteiger partial charge in [-0.2, -0.15) is 0 Å². The Morgan fingerprint density at radius 3 is 2.87 bits per heavy atom. The lowest BCUT2D eigenvalue weighted by Crippen LogP contribution is -2.36. The lowest BCUT2D eigenvalue weighted by Gasteiger charge is -2.24. The second-order valence-corrected chi connectivity index (χ2v) is 6.34. The molecule has 0 bridgehead atoms. The summed E-state index contributed by atoms with van der Waals surface area (Å²) in [5.74, 6) is -0.506. The predicted octanol–water partition coefficient (Wildman–Crippen LogP) is 2.47. The van der Waals surface area contributed by atoms with E-state index < -0.39 is 0 Å². The van der Waals surface area contributed by atoms with Crippen LogP contribution in [0.1, 0.15) is 40.5 Å². The van der Waals surface area contributed by atoms with Crippen molar-refractivity contribution in [1.29, 1.82) is 0 Å². The molecular formula is C18H27NO4. The maximum atomic E-state index is 12.0. The zero-order valence-corrected chi connectivity index (χ0v) is 14.5. The molecule has 2 rings (SSSR count). The Bertz CT molecular complexity index is 523. The summed E-state index contributed by atoms with van der Waals surface area (Å²) in [6, 6.07) is 0.0494. The van der Waals surface area contributed by atoms with Gasteiger partial charge in [0.25, 0.3) is 0 Å². The zero-order chi connectivity index (χ0) is 17.0. The normalized spacial score (nSPS) is 25.7. The van der Waals surface area contributed by atoms with Crippen LogP contribution in [0.4, 0.5) is 0 Å². The summed E-state index contributed by atoms with van der Waals surface area (Å²) in [6.07, 6.45) is 5.29. The van der Waals surface area contributed by atoms with Crippen molar-refractivity contribution in [2.45, 2.75) is 52.7 Å². The Morgan fingerprint density at radius 2 is 2.22 bits per heavy atom. The number of esters is 2. The molecular weight excluding hydrogens is 294 g/mol. The average molecular weight is 321 g/mol. The SMILES string of the molecule is C/C=C(\C)C(=O)O[C@@H]1CCN2CC=C(COC(=O)C(C)CC)[C@H]12. The number of nitrogens with zero attached hydrogens (tertiary/aromatic N) is 1. The van der Waals surface area contributed by atoms with Gasteiger partial charge in [-0.3, -0.25) is 9.69 Å². The van der Waals surface area contributed by atoms with E-state index in [1.165, 1.54) is 0 Å². The summed E-state index contributed by atoms with van der Waals surface area (Å²) in [5, 5.41) is 0. The fourth-order valence-electron chi connectivity index (χ4n) is 2.94. The molecule has 0 aromatic rings. The average Bonchev–Trinajstić information content (AvgIpc) is 3.14. The largest absolute Gasteiger partial charge is 0.461 e. The lowest BCUT2D eigenvalue weighted by molar-refractivity contribution is -0.148. The molecule has 1 unspecified atom stereocenters. The van der Waals surface area contributed by atoms with Crippen LogP contribution in [0.2, 0.25) is 0 Å². The highest BCUT2D eigenvalue weighted by Gasteiger charge is 2.42. The number of carbonyl (C=O) groups excluding carboxylic acids is 2. The van der Waals surface area contributed by atoms with Crippen molar-refractivity contribution in [1.82, 2.24) is 4.90 Å². The molecule has 2 heterocycles. The quantitative estimate of drug-likeness (QED) is 0.427. The van der Waals surface area contributed by atoms with Gasteiger partial charge in [0, 0.05) is 18.7 Å². The standard InChI is InChI=1S/C18H27NO4/c1-5-12(3)17(20)22-11-14-7-9-19-10-8-15(16(14)19)23-18(21)13(4)6-2/h6-7,12,15-16H,5,8-11H2,1-4H3/b13-6+/t12?,15-,16-/m1/s1. The summed E-state index contributed by atoms with van der Waals surface area (Å²) in [5.41, 5.74) is 1.67. The molecule has 0 N–H and O–H groups in total. The first-order chi connectivity index (χ1) is 11.0. The van der Waals surface area contributed by atoms with Gasteiger partial charge >= 0.3 is 11.9 Å². The predicted molar refractivity (Wildman–Crippen MR) is 87.8 cm³/mol. The summed E-state index contributed by atoms with van der Waals surface area (Å²) in [6.45, 7) is 9.45. The molecule has 23 heavy (non-hydrogen) atoms. The van der Waals surface area contributed by atoms with Crippen molar-refractivity contribution in [3.05, 3.63) is 23.3 Å². The van der Waals surface area contributed by atoms with E-state index in [0.717, 1.165) is 31.5 Å². The Morgan fingerprint density at radius 1 is 1.48 bits per heavy atom. The molecule has 3 atom stereocenters. The number of allylic oxidation sites excluding steroid dienone is 1. The van der Waals surface area contributed by atoms with Gasteiger partial charge in [0.2, 0.25) is 0 Å². The molecule has 0 spiro atoms. The number of carbonyl (C=O) groups is 2. The second-order valence-electron chi connectivity index (χ2n) is 6.34. The smallest absolute Gasteiger partial charge is 0.333 e. The first-order valence-corrected chi connectivity index (χ1v) is 8.41. The number of hydrogen-bond acceptors (Lipinski definition) is 5. The molecule has 0 saturated carbocycles. The third kappa shape index (κ3) is 4.02. The van der Waals surface area contributed by atoms with Crippen molar-refractivity contribution in [2.75, 3.05) is 19.7 Å². The molecule has 128 valence electrons. The zero-order valence-electron chi connectivity index (χ0n) is 14.5. The molecule has 5 heteroatoms. The molecule has 2 aliphatic rings. The number of rotatable bonds is 6. The second kappa shape index (κ2) is 7.77. The van der Waals surface area contributed by atoms with Gasteiger partial charge in [-0.25, -0.2) is 4.79 Å². The van der Waals surface area contributed by atoms with E-state index in [2.05, 4.69) is 11.0 Å². The first-order valence-electron chi connectivity index (χ1n) is 8.41. The fraction of sp³-hybridized carbons (Fsp3) is 0.667. The summed E-state index contributed by atoms with van der Waals surface area (Å²) in [4.78, 5) is 26.1. The molecule has 0 aromatic heterocycles. The van der Waals surface area contributed by atoms with Crippen molar-refractivity contribution in [3.63, 3.8) is 0 Å². The Balaban J connectivity index is 1.95. The van der Waals surface area contributed by atoms with Gasteiger partial charge < -0.3 is 9.47 Å². The molecule has 0 aromatic carbocycles. The minimum atomic E-state index is -0.262. The third-order valence-electron chi connectivity index (χ3n) is 4.82. The van der Waals surface area contributed by atoms with Crippen molar-refractivity contribution in [3.8, 4) is 0 Å². The van der Waals surface area contributed by atoms with Crippen molar-refractivity contribution >= 4 is 11.9 Å². The highest BCUT2D eigenvalue weighted by Crippen LogP contribution is 2.31. The summed E-state index contributed by atoms with van der Waals surface area (Å²) < 4.78 is 11.1. The monoisotopic (exact) mass is 321 g/mol. The van der Waals surface area contributed by atoms with Crippen LogP contribution >= 0.6 is 0 Å². The molecule has 0 radical (unpaired) electrons.